The van der Waals surface area contributed by atoms with E-state index in [0.717, 1.165) is 19.0 Å². The number of nitrogens with one attached hydrogen (secondary N) is 1. The van der Waals surface area contributed by atoms with Crippen molar-refractivity contribution in [3.05, 3.63) is 21.9 Å². The van der Waals surface area contributed by atoms with E-state index in [1.54, 1.807) is 0 Å². The number of hydrogen-bond acceptors (Lipinski definition) is 2. The van der Waals surface area contributed by atoms with E-state index < -0.39 is 0 Å². The van der Waals surface area contributed by atoms with Crippen LogP contribution in [-0.4, -0.2) is 13.1 Å². The van der Waals surface area contributed by atoms with Crippen LogP contribution in [0, 0.1) is 5.92 Å². The Labute approximate surface area is 123 Å². The Balaban J connectivity index is 2.59. The zero-order chi connectivity index (χ0) is 14.7. The summed E-state index contributed by atoms with van der Waals surface area (Å²) in [6.07, 6.45) is 1.20. The van der Waals surface area contributed by atoms with Crippen LogP contribution < -0.4 is 5.32 Å². The number of thiophene rings is 1. The van der Waals surface area contributed by atoms with Crippen molar-refractivity contribution in [1.29, 1.82) is 0 Å². The van der Waals surface area contributed by atoms with Gasteiger partial charge >= 0.3 is 0 Å². The minimum Gasteiger partial charge on any atom is -0.316 e. The predicted octanol–water partition coefficient (Wildman–Crippen LogP) is 4.96. The van der Waals surface area contributed by atoms with Crippen molar-refractivity contribution >= 4 is 11.3 Å². The molecule has 0 aromatic carbocycles. The lowest BCUT2D eigenvalue weighted by atomic mass is 9.87. The van der Waals surface area contributed by atoms with Crippen LogP contribution in [0.4, 0.5) is 0 Å². The Bertz CT molecular complexity index is 382. The highest BCUT2D eigenvalue weighted by Gasteiger charge is 2.24. The highest BCUT2D eigenvalue weighted by atomic mass is 32.1. The Kier molecular flexibility index (Phi) is 5.64. The van der Waals surface area contributed by atoms with Crippen LogP contribution in [-0.2, 0) is 10.8 Å². The highest BCUT2D eigenvalue weighted by molar-refractivity contribution is 7.12. The van der Waals surface area contributed by atoms with Gasteiger partial charge in [-0.2, -0.15) is 0 Å². The van der Waals surface area contributed by atoms with Gasteiger partial charge in [0.15, 0.2) is 0 Å². The quantitative estimate of drug-likeness (QED) is 0.727. The molecule has 1 rings (SSSR count). The summed E-state index contributed by atoms with van der Waals surface area (Å²) in [5.41, 5.74) is 0.549. The maximum absolute atomic E-state index is 3.55. The fourth-order valence-corrected chi connectivity index (χ4v) is 3.21. The van der Waals surface area contributed by atoms with Crippen LogP contribution in [0.25, 0.3) is 0 Å². The van der Waals surface area contributed by atoms with Gasteiger partial charge in [0.1, 0.15) is 0 Å². The van der Waals surface area contributed by atoms with Gasteiger partial charge in [-0.15, -0.1) is 11.3 Å². The van der Waals surface area contributed by atoms with Crippen molar-refractivity contribution in [3.63, 3.8) is 0 Å². The number of rotatable bonds is 6. The van der Waals surface area contributed by atoms with Gasteiger partial charge in [0.2, 0.25) is 0 Å². The average Bonchev–Trinajstić information content (AvgIpc) is 2.73. The van der Waals surface area contributed by atoms with E-state index in [0.29, 0.717) is 0 Å². The molecule has 19 heavy (non-hydrogen) atoms. The molecule has 1 aromatic rings. The molecule has 0 aliphatic rings. The average molecular weight is 282 g/mol. The zero-order valence-corrected chi connectivity index (χ0v) is 14.6. The van der Waals surface area contributed by atoms with Crippen LogP contribution in [0.1, 0.15) is 64.6 Å². The first kappa shape index (κ1) is 16.7. The van der Waals surface area contributed by atoms with Gasteiger partial charge in [0.25, 0.3) is 0 Å². The van der Waals surface area contributed by atoms with Crippen molar-refractivity contribution in [2.75, 3.05) is 13.1 Å². The lowest BCUT2D eigenvalue weighted by Gasteiger charge is -2.24. The highest BCUT2D eigenvalue weighted by Crippen LogP contribution is 2.37. The van der Waals surface area contributed by atoms with E-state index in [4.69, 9.17) is 0 Å². The van der Waals surface area contributed by atoms with Crippen LogP contribution in [0.3, 0.4) is 0 Å². The van der Waals surface area contributed by atoms with E-state index >= 15 is 0 Å². The summed E-state index contributed by atoms with van der Waals surface area (Å²) in [4.78, 5) is 3.01. The van der Waals surface area contributed by atoms with E-state index in [9.17, 15) is 0 Å². The lowest BCUT2D eigenvalue weighted by Crippen LogP contribution is -2.27. The van der Waals surface area contributed by atoms with E-state index in [2.05, 4.69) is 65.9 Å². The second kappa shape index (κ2) is 6.41. The molecule has 0 unspecified atom stereocenters. The monoisotopic (exact) mass is 281 g/mol. The molecule has 0 atom stereocenters. The van der Waals surface area contributed by atoms with E-state index in [1.807, 2.05) is 11.3 Å². The van der Waals surface area contributed by atoms with Crippen LogP contribution in [0.15, 0.2) is 12.1 Å². The molecule has 0 saturated carbocycles. The molecule has 0 bridgehead atoms. The second-order valence-electron chi connectivity index (χ2n) is 7.65. The minimum atomic E-state index is 0.273. The van der Waals surface area contributed by atoms with Crippen molar-refractivity contribution < 1.29 is 0 Å². The zero-order valence-electron chi connectivity index (χ0n) is 13.8. The molecule has 0 radical (unpaired) electrons. The molecule has 110 valence electrons. The van der Waals surface area contributed by atoms with Crippen molar-refractivity contribution in [1.82, 2.24) is 5.32 Å². The standard InChI is InChI=1S/C17H31NS/c1-13(2)12-18-11-10-17(6,7)15-9-8-14(19-15)16(3,4)5/h8-9,13,18H,10-12H2,1-7H3. The summed E-state index contributed by atoms with van der Waals surface area (Å²) in [5.74, 6) is 0.734. The van der Waals surface area contributed by atoms with Gasteiger partial charge in [-0.3, -0.25) is 0 Å². The number of hydrogen-bond donors (Lipinski definition) is 1. The third-order valence-electron chi connectivity index (χ3n) is 3.49. The molecule has 1 N–H and O–H groups in total. The van der Waals surface area contributed by atoms with Gasteiger partial charge < -0.3 is 5.32 Å². The van der Waals surface area contributed by atoms with Crippen molar-refractivity contribution in [2.24, 2.45) is 5.92 Å². The molecule has 0 saturated heterocycles. The first-order chi connectivity index (χ1) is 8.63. The third kappa shape index (κ3) is 5.27. The largest absolute Gasteiger partial charge is 0.316 e. The maximum atomic E-state index is 3.55. The summed E-state index contributed by atoms with van der Waals surface area (Å²) >= 11 is 1.98. The Morgan fingerprint density at radius 2 is 1.63 bits per heavy atom. The predicted molar refractivity (Wildman–Crippen MR) is 88.4 cm³/mol. The fraction of sp³-hybridized carbons (Fsp3) is 0.765. The molecular formula is C17H31NS. The van der Waals surface area contributed by atoms with Gasteiger partial charge in [-0.05, 0) is 43.0 Å². The Morgan fingerprint density at radius 3 is 2.11 bits per heavy atom. The van der Waals surface area contributed by atoms with Crippen LogP contribution >= 0.6 is 11.3 Å². The van der Waals surface area contributed by atoms with Crippen LogP contribution in [0.5, 0.6) is 0 Å². The van der Waals surface area contributed by atoms with Crippen molar-refractivity contribution in [2.45, 2.75) is 65.7 Å². The summed E-state index contributed by atoms with van der Waals surface area (Å²) in [6, 6.07) is 4.64. The second-order valence-corrected chi connectivity index (χ2v) is 8.73. The normalized spacial score (nSPS) is 13.3. The summed E-state index contributed by atoms with van der Waals surface area (Å²) in [6.45, 7) is 18.3. The molecule has 0 amide bonds. The first-order valence-corrected chi connectivity index (χ1v) is 8.26. The van der Waals surface area contributed by atoms with E-state index in [-0.39, 0.29) is 10.8 Å². The lowest BCUT2D eigenvalue weighted by molar-refractivity contribution is 0.448. The summed E-state index contributed by atoms with van der Waals surface area (Å²) < 4.78 is 0. The topological polar surface area (TPSA) is 12.0 Å². The smallest absolute Gasteiger partial charge is 0.0105 e. The molecule has 0 aliphatic carbocycles. The molecule has 0 fully saturated rings. The van der Waals surface area contributed by atoms with E-state index in [1.165, 1.54) is 16.2 Å². The molecule has 1 heterocycles. The first-order valence-electron chi connectivity index (χ1n) is 7.44. The van der Waals surface area contributed by atoms with Gasteiger partial charge in [-0.25, -0.2) is 0 Å². The minimum absolute atomic E-state index is 0.273. The van der Waals surface area contributed by atoms with Crippen LogP contribution in [0.2, 0.25) is 0 Å². The fourth-order valence-electron chi connectivity index (χ4n) is 2.02. The van der Waals surface area contributed by atoms with Gasteiger partial charge in [-0.1, -0.05) is 48.5 Å². The Hall–Kier alpha value is -0.340. The third-order valence-corrected chi connectivity index (χ3v) is 5.37. The summed E-state index contributed by atoms with van der Waals surface area (Å²) in [7, 11) is 0. The molecule has 0 spiro atoms. The molecule has 1 nitrogen and oxygen atoms in total. The van der Waals surface area contributed by atoms with Gasteiger partial charge in [0, 0.05) is 15.2 Å². The molecule has 2 heteroatoms. The molecule has 0 aliphatic heterocycles. The molecule has 1 aromatic heterocycles. The maximum Gasteiger partial charge on any atom is 0.0105 e. The van der Waals surface area contributed by atoms with Crippen molar-refractivity contribution in [3.8, 4) is 0 Å². The Morgan fingerprint density at radius 1 is 1.05 bits per heavy atom. The SMILES string of the molecule is CC(C)CNCCC(C)(C)c1ccc(C(C)(C)C)s1. The van der Waals surface area contributed by atoms with Gasteiger partial charge in [0.05, 0.1) is 0 Å². The summed E-state index contributed by atoms with van der Waals surface area (Å²) in [5, 5.41) is 3.55. The molecular weight excluding hydrogens is 250 g/mol.